The molecule has 2 nitrogen and oxygen atoms in total. The highest BCUT2D eigenvalue weighted by Crippen LogP contribution is 2.38. The Labute approximate surface area is 248 Å². The molecule has 0 unspecified atom stereocenters. The van der Waals surface area contributed by atoms with Gasteiger partial charge in [0.05, 0.1) is 11.0 Å². The molecular formula is C38H44F2N2. The molecule has 0 saturated heterocycles. The van der Waals surface area contributed by atoms with Gasteiger partial charge in [0, 0.05) is 36.0 Å². The Morgan fingerprint density at radius 2 is 0.714 bits per heavy atom. The van der Waals surface area contributed by atoms with E-state index in [0.29, 0.717) is 0 Å². The minimum absolute atomic E-state index is 0.153. The smallest absolute Gasteiger partial charge is 0.194 e. The van der Waals surface area contributed by atoms with Crippen LogP contribution < -0.4 is 0 Å². The lowest BCUT2D eigenvalue weighted by Crippen LogP contribution is -2.00. The van der Waals surface area contributed by atoms with Gasteiger partial charge in [-0.25, -0.2) is 0 Å². The van der Waals surface area contributed by atoms with Crippen LogP contribution in [-0.2, 0) is 13.1 Å². The Balaban J connectivity index is 1.32. The lowest BCUT2D eigenvalue weighted by molar-refractivity contribution is 0.479. The average Bonchev–Trinajstić information content (AvgIpc) is 3.51. The van der Waals surface area contributed by atoms with Crippen molar-refractivity contribution in [1.82, 2.24) is 9.13 Å². The van der Waals surface area contributed by atoms with Crippen LogP contribution in [0.4, 0.5) is 8.78 Å². The number of aromatic nitrogens is 2. The summed E-state index contributed by atoms with van der Waals surface area (Å²) in [6, 6.07) is 20.5. The molecule has 2 aromatic heterocycles. The molecule has 0 aliphatic carbocycles. The van der Waals surface area contributed by atoms with Crippen LogP contribution >= 0.6 is 0 Å². The summed E-state index contributed by atoms with van der Waals surface area (Å²) >= 11 is 0. The van der Waals surface area contributed by atoms with E-state index in [1.807, 2.05) is 9.13 Å². The fourth-order valence-electron chi connectivity index (χ4n) is 7.01. The maximum atomic E-state index is 15.1. The summed E-state index contributed by atoms with van der Waals surface area (Å²) in [4.78, 5) is 0. The van der Waals surface area contributed by atoms with Crippen molar-refractivity contribution in [2.45, 2.75) is 104 Å². The Hall–Kier alpha value is -3.40. The molecule has 0 radical (unpaired) electrons. The molecule has 2 heterocycles. The summed E-state index contributed by atoms with van der Waals surface area (Å²) in [6.45, 7) is 5.89. The minimum Gasteiger partial charge on any atom is -0.318 e. The number of benzene rings is 4. The molecule has 4 aromatic carbocycles. The number of hydrogen-bond donors (Lipinski definition) is 0. The molecule has 220 valence electrons. The number of nitrogens with zero attached hydrogens (tertiary/aromatic N) is 2. The van der Waals surface area contributed by atoms with E-state index in [1.54, 1.807) is 12.1 Å². The highest BCUT2D eigenvalue weighted by Gasteiger charge is 2.16. The van der Waals surface area contributed by atoms with Crippen molar-refractivity contribution in [3.63, 3.8) is 0 Å². The van der Waals surface area contributed by atoms with E-state index in [2.05, 4.69) is 62.4 Å². The molecule has 6 aromatic rings. The summed E-state index contributed by atoms with van der Waals surface area (Å²) in [5.41, 5.74) is 1.94. The fourth-order valence-corrected chi connectivity index (χ4v) is 7.01. The maximum absolute atomic E-state index is 15.1. The van der Waals surface area contributed by atoms with Gasteiger partial charge >= 0.3 is 0 Å². The van der Waals surface area contributed by atoms with Gasteiger partial charge in [-0.15, -0.1) is 0 Å². The van der Waals surface area contributed by atoms with Crippen molar-refractivity contribution in [2.75, 3.05) is 0 Å². The van der Waals surface area contributed by atoms with E-state index in [4.69, 9.17) is 0 Å². The van der Waals surface area contributed by atoms with Crippen LogP contribution in [0.3, 0.4) is 0 Å². The van der Waals surface area contributed by atoms with Crippen LogP contribution in [0.2, 0.25) is 0 Å². The van der Waals surface area contributed by atoms with Gasteiger partial charge in [-0.1, -0.05) is 114 Å². The average molecular weight is 567 g/mol. The van der Waals surface area contributed by atoms with Crippen molar-refractivity contribution in [1.29, 1.82) is 0 Å². The van der Waals surface area contributed by atoms with Crippen LogP contribution in [0.15, 0.2) is 60.7 Å². The first kappa shape index (κ1) is 28.7. The molecule has 0 bridgehead atoms. The Bertz CT molecular complexity index is 1710. The second-order valence-electron chi connectivity index (χ2n) is 12.2. The molecule has 0 spiro atoms. The van der Waals surface area contributed by atoms with Gasteiger partial charge in [-0.2, -0.15) is 8.78 Å². The quantitative estimate of drug-likeness (QED) is 0.0916. The first-order valence-corrected chi connectivity index (χ1v) is 16.4. The summed E-state index contributed by atoms with van der Waals surface area (Å²) in [5.74, 6) is -0.306. The van der Waals surface area contributed by atoms with Gasteiger partial charge in [0.25, 0.3) is 0 Å². The van der Waals surface area contributed by atoms with Crippen LogP contribution in [0.5, 0.6) is 0 Å². The molecule has 4 heteroatoms. The predicted molar refractivity (Wildman–Crippen MR) is 177 cm³/mol. The Morgan fingerprint density at radius 1 is 0.405 bits per heavy atom. The van der Waals surface area contributed by atoms with Gasteiger partial charge in [-0.3, -0.25) is 0 Å². The van der Waals surface area contributed by atoms with E-state index < -0.39 is 0 Å². The zero-order chi connectivity index (χ0) is 29.1. The highest BCUT2D eigenvalue weighted by molar-refractivity contribution is 6.24. The van der Waals surface area contributed by atoms with E-state index in [0.717, 1.165) is 92.9 Å². The third kappa shape index (κ3) is 5.41. The van der Waals surface area contributed by atoms with Crippen molar-refractivity contribution >= 4 is 54.1 Å². The van der Waals surface area contributed by atoms with Gasteiger partial charge in [0.2, 0.25) is 0 Å². The highest BCUT2D eigenvalue weighted by atomic mass is 19.1. The van der Waals surface area contributed by atoms with E-state index in [-0.39, 0.29) is 11.9 Å². The van der Waals surface area contributed by atoms with Crippen LogP contribution in [0.1, 0.15) is 90.9 Å². The van der Waals surface area contributed by atoms with E-state index in [1.165, 1.54) is 51.4 Å². The summed E-state index contributed by atoms with van der Waals surface area (Å²) < 4.78 is 34.0. The van der Waals surface area contributed by atoms with Crippen molar-refractivity contribution in [3.8, 4) is 0 Å². The molecule has 6 rings (SSSR count). The van der Waals surface area contributed by atoms with Gasteiger partial charge in [0.1, 0.15) is 0 Å². The second kappa shape index (κ2) is 12.9. The summed E-state index contributed by atoms with van der Waals surface area (Å²) in [6.07, 6.45) is 14.3. The lowest BCUT2D eigenvalue weighted by atomic mass is 9.94. The SMILES string of the molecule is CCCCCCCCn1c(F)cc2c3ccc4c(ccc5c4ccc4c5cc(F)n4CCCCCCCC)c3ccc21. The molecule has 0 N–H and O–H groups in total. The molecule has 0 atom stereocenters. The predicted octanol–water partition coefficient (Wildman–Crippen LogP) is 12.1. The lowest BCUT2D eigenvalue weighted by Gasteiger charge is -2.11. The number of halogens is 2. The first-order valence-electron chi connectivity index (χ1n) is 16.4. The largest absolute Gasteiger partial charge is 0.318 e. The maximum Gasteiger partial charge on any atom is 0.194 e. The number of unbranched alkanes of at least 4 members (excludes halogenated alkanes) is 10. The monoisotopic (exact) mass is 566 g/mol. The second-order valence-corrected chi connectivity index (χ2v) is 12.2. The Morgan fingerprint density at radius 3 is 1.10 bits per heavy atom. The molecule has 0 aliphatic rings. The fraction of sp³-hybridized carbons (Fsp3) is 0.421. The third-order valence-corrected chi connectivity index (χ3v) is 9.33. The zero-order valence-corrected chi connectivity index (χ0v) is 25.3. The van der Waals surface area contributed by atoms with Crippen LogP contribution in [0, 0.1) is 11.9 Å². The van der Waals surface area contributed by atoms with E-state index >= 15 is 8.78 Å². The third-order valence-electron chi connectivity index (χ3n) is 9.33. The van der Waals surface area contributed by atoms with Crippen LogP contribution in [0.25, 0.3) is 54.1 Å². The van der Waals surface area contributed by atoms with Crippen molar-refractivity contribution < 1.29 is 8.78 Å². The number of rotatable bonds is 14. The van der Waals surface area contributed by atoms with Crippen molar-refractivity contribution in [3.05, 3.63) is 72.6 Å². The number of hydrogen-bond acceptors (Lipinski definition) is 0. The Kier molecular flexibility index (Phi) is 8.79. The molecule has 42 heavy (non-hydrogen) atoms. The standard InChI is InChI=1S/C38H44F2N2/c1-3-5-7-9-11-13-23-41-35-21-19-29-27-16-18-32-30(28(27)15-17-31(29)33(35)25-37(41)39)20-22-36-34(32)26-38(40)42(36)24-14-12-10-8-6-4-2/h15-22,25-26H,3-14,23-24H2,1-2H3. The van der Waals surface area contributed by atoms with Gasteiger partial charge in [-0.05, 0) is 57.3 Å². The van der Waals surface area contributed by atoms with E-state index in [9.17, 15) is 0 Å². The van der Waals surface area contributed by atoms with Gasteiger partial charge < -0.3 is 9.13 Å². The summed E-state index contributed by atoms with van der Waals surface area (Å²) in [5, 5.41) is 8.67. The normalized spacial score (nSPS) is 12.2. The molecule has 0 saturated carbocycles. The molecule has 0 amide bonds. The van der Waals surface area contributed by atoms with Crippen LogP contribution in [-0.4, -0.2) is 9.13 Å². The summed E-state index contributed by atoms with van der Waals surface area (Å²) in [7, 11) is 0. The molecular weight excluding hydrogens is 522 g/mol. The zero-order valence-electron chi connectivity index (χ0n) is 25.3. The minimum atomic E-state index is -0.153. The number of aryl methyl sites for hydroxylation is 2. The van der Waals surface area contributed by atoms with Crippen molar-refractivity contribution in [2.24, 2.45) is 0 Å². The number of fused-ring (bicyclic) bond motifs is 9. The molecule has 0 fully saturated rings. The molecule has 0 aliphatic heterocycles. The van der Waals surface area contributed by atoms with Gasteiger partial charge in [0.15, 0.2) is 11.9 Å². The topological polar surface area (TPSA) is 9.86 Å². The first-order chi connectivity index (χ1) is 20.6.